The molecule has 0 aliphatic rings. The molecule has 0 saturated carbocycles. The van der Waals surface area contributed by atoms with Gasteiger partial charge < -0.3 is 10.6 Å². The maximum atomic E-state index is 10.4. The largest absolute Gasteiger partial charge is 0.345 e. The van der Waals surface area contributed by atoms with Crippen LogP contribution in [-0.2, 0) is 4.79 Å². The maximum absolute atomic E-state index is 10.4. The fourth-order valence-electron chi connectivity index (χ4n) is 0.518. The van der Waals surface area contributed by atoms with Crippen molar-refractivity contribution in [1.29, 1.82) is 0 Å². The molecule has 3 nitrogen and oxygen atoms in total. The monoisotopic (exact) mass is 140 g/mol. The topological polar surface area (TPSA) is 41.1 Å². The van der Waals surface area contributed by atoms with Crippen LogP contribution in [0, 0.1) is 12.3 Å². The van der Waals surface area contributed by atoms with Crippen molar-refractivity contribution in [2.45, 2.75) is 6.42 Å². The van der Waals surface area contributed by atoms with Gasteiger partial charge in [0.1, 0.15) is 0 Å². The molecule has 1 amide bonds. The number of terminal acetylenes is 1. The third kappa shape index (κ3) is 5.13. The zero-order chi connectivity index (χ0) is 7.82. The minimum atomic E-state index is -0.337. The Morgan fingerprint density at radius 3 is 2.80 bits per heavy atom. The molecule has 0 aromatic rings. The average Bonchev–Trinajstić information content (AvgIpc) is 1.98. The van der Waals surface area contributed by atoms with Gasteiger partial charge in [-0.3, -0.25) is 4.79 Å². The fourth-order valence-corrected chi connectivity index (χ4v) is 0.518. The molecule has 0 aliphatic heterocycles. The second-order valence-electron chi connectivity index (χ2n) is 1.86. The Morgan fingerprint density at radius 2 is 2.30 bits per heavy atom. The summed E-state index contributed by atoms with van der Waals surface area (Å²) in [5.41, 5.74) is 0. The van der Waals surface area contributed by atoms with Crippen LogP contribution in [0.3, 0.4) is 0 Å². The number of carbonyl (C=O) groups is 1. The smallest absolute Gasteiger partial charge is 0.295 e. The molecule has 3 heteroatoms. The van der Waals surface area contributed by atoms with Gasteiger partial charge in [-0.05, 0) is 25.9 Å². The zero-order valence-electron chi connectivity index (χ0n) is 6.11. The van der Waals surface area contributed by atoms with E-state index in [-0.39, 0.29) is 5.91 Å². The fraction of sp³-hybridized carbons (Fsp3) is 0.571. The van der Waals surface area contributed by atoms with Crippen molar-refractivity contribution < 1.29 is 4.79 Å². The molecule has 0 aliphatic carbocycles. The molecule has 56 valence electrons. The SMILES string of the molecule is C#CC(=O)NCCCNC. The van der Waals surface area contributed by atoms with E-state index in [1.807, 2.05) is 13.0 Å². The van der Waals surface area contributed by atoms with Gasteiger partial charge in [-0.2, -0.15) is 0 Å². The Morgan fingerprint density at radius 1 is 1.60 bits per heavy atom. The summed E-state index contributed by atoms with van der Waals surface area (Å²) in [4.78, 5) is 10.4. The van der Waals surface area contributed by atoms with Gasteiger partial charge in [0.2, 0.25) is 0 Å². The van der Waals surface area contributed by atoms with Gasteiger partial charge in [-0.25, -0.2) is 0 Å². The Bertz CT molecular complexity index is 137. The highest BCUT2D eigenvalue weighted by molar-refractivity contribution is 5.92. The summed E-state index contributed by atoms with van der Waals surface area (Å²) in [6.45, 7) is 1.54. The van der Waals surface area contributed by atoms with E-state index < -0.39 is 0 Å². The molecule has 0 aromatic heterocycles. The Balaban J connectivity index is 3.06. The molecule has 0 atom stereocenters. The van der Waals surface area contributed by atoms with Crippen LogP contribution in [0.15, 0.2) is 0 Å². The molecule has 0 radical (unpaired) electrons. The summed E-state index contributed by atoms with van der Waals surface area (Å²) in [5, 5.41) is 5.51. The van der Waals surface area contributed by atoms with Gasteiger partial charge in [0.25, 0.3) is 5.91 Å². The second-order valence-corrected chi connectivity index (χ2v) is 1.86. The van der Waals surface area contributed by atoms with Gasteiger partial charge in [0.15, 0.2) is 0 Å². The first-order valence-corrected chi connectivity index (χ1v) is 3.20. The van der Waals surface area contributed by atoms with Crippen LogP contribution in [0.1, 0.15) is 6.42 Å². The minimum Gasteiger partial charge on any atom is -0.345 e. The third-order valence-electron chi connectivity index (χ3n) is 1.02. The van der Waals surface area contributed by atoms with E-state index in [2.05, 4.69) is 10.6 Å². The third-order valence-corrected chi connectivity index (χ3v) is 1.02. The molecule has 0 fully saturated rings. The van der Waals surface area contributed by atoms with Crippen LogP contribution >= 0.6 is 0 Å². The highest BCUT2D eigenvalue weighted by Gasteiger charge is 1.90. The van der Waals surface area contributed by atoms with E-state index in [0.717, 1.165) is 13.0 Å². The molecule has 2 N–H and O–H groups in total. The molecular formula is C7H12N2O. The molecule has 0 unspecified atom stereocenters. The number of amides is 1. The van der Waals surface area contributed by atoms with Crippen molar-refractivity contribution in [3.63, 3.8) is 0 Å². The van der Waals surface area contributed by atoms with E-state index in [1.54, 1.807) is 0 Å². The standard InChI is InChI=1S/C7H12N2O/c1-3-7(10)9-6-4-5-8-2/h1,8H,4-6H2,2H3,(H,9,10). The summed E-state index contributed by atoms with van der Waals surface area (Å²) in [7, 11) is 1.86. The number of hydrogen-bond donors (Lipinski definition) is 2. The summed E-state index contributed by atoms with van der Waals surface area (Å²) in [5.74, 6) is 1.63. The predicted octanol–water partition coefficient (Wildman–Crippen LogP) is -0.655. The normalized spacial score (nSPS) is 8.40. The molecule has 10 heavy (non-hydrogen) atoms. The maximum Gasteiger partial charge on any atom is 0.295 e. The summed E-state index contributed by atoms with van der Waals surface area (Å²) >= 11 is 0. The van der Waals surface area contributed by atoms with Crippen molar-refractivity contribution in [1.82, 2.24) is 10.6 Å². The molecular weight excluding hydrogens is 128 g/mol. The Labute approximate surface area is 61.2 Å². The second kappa shape index (κ2) is 6.12. The van der Waals surface area contributed by atoms with Crippen LogP contribution in [0.2, 0.25) is 0 Å². The van der Waals surface area contributed by atoms with Crippen LogP contribution in [0.5, 0.6) is 0 Å². The molecule has 0 bridgehead atoms. The first-order chi connectivity index (χ1) is 4.81. The molecule has 0 aromatic carbocycles. The Kier molecular flexibility index (Phi) is 5.50. The molecule has 0 spiro atoms. The van der Waals surface area contributed by atoms with E-state index >= 15 is 0 Å². The number of carbonyl (C=O) groups excluding carboxylic acids is 1. The van der Waals surface area contributed by atoms with Crippen molar-refractivity contribution in [3.05, 3.63) is 0 Å². The van der Waals surface area contributed by atoms with Crippen molar-refractivity contribution in [2.75, 3.05) is 20.1 Å². The van der Waals surface area contributed by atoms with Crippen molar-refractivity contribution in [3.8, 4) is 12.3 Å². The molecule has 0 heterocycles. The van der Waals surface area contributed by atoms with E-state index in [1.165, 1.54) is 0 Å². The predicted molar refractivity (Wildman–Crippen MR) is 40.4 cm³/mol. The first-order valence-electron chi connectivity index (χ1n) is 3.20. The summed E-state index contributed by atoms with van der Waals surface area (Å²) < 4.78 is 0. The van der Waals surface area contributed by atoms with Crippen LogP contribution in [0.25, 0.3) is 0 Å². The van der Waals surface area contributed by atoms with E-state index in [0.29, 0.717) is 6.54 Å². The lowest BCUT2D eigenvalue weighted by molar-refractivity contribution is -0.115. The van der Waals surface area contributed by atoms with Crippen molar-refractivity contribution >= 4 is 5.91 Å². The van der Waals surface area contributed by atoms with Gasteiger partial charge >= 0.3 is 0 Å². The minimum absolute atomic E-state index is 0.337. The highest BCUT2D eigenvalue weighted by Crippen LogP contribution is 1.70. The lowest BCUT2D eigenvalue weighted by Gasteiger charge is -1.98. The zero-order valence-corrected chi connectivity index (χ0v) is 6.11. The van der Waals surface area contributed by atoms with Gasteiger partial charge in [0, 0.05) is 6.54 Å². The molecule has 0 saturated heterocycles. The summed E-state index contributed by atoms with van der Waals surface area (Å²) in [6, 6.07) is 0. The quantitative estimate of drug-likeness (QED) is 0.402. The van der Waals surface area contributed by atoms with Crippen molar-refractivity contribution in [2.24, 2.45) is 0 Å². The lowest BCUT2D eigenvalue weighted by Crippen LogP contribution is -2.24. The Hall–Kier alpha value is -1.01. The first kappa shape index (κ1) is 8.99. The average molecular weight is 140 g/mol. The highest BCUT2D eigenvalue weighted by atomic mass is 16.1. The van der Waals surface area contributed by atoms with Gasteiger partial charge in [0.05, 0.1) is 0 Å². The van der Waals surface area contributed by atoms with E-state index in [9.17, 15) is 4.79 Å². The van der Waals surface area contributed by atoms with Gasteiger partial charge in [-0.15, -0.1) is 6.42 Å². The number of nitrogens with one attached hydrogen (secondary N) is 2. The number of hydrogen-bond acceptors (Lipinski definition) is 2. The van der Waals surface area contributed by atoms with Crippen LogP contribution in [0.4, 0.5) is 0 Å². The molecule has 0 rings (SSSR count). The van der Waals surface area contributed by atoms with E-state index in [4.69, 9.17) is 6.42 Å². The lowest BCUT2D eigenvalue weighted by atomic mass is 10.4. The summed E-state index contributed by atoms with van der Waals surface area (Å²) in [6.07, 6.45) is 5.72. The van der Waals surface area contributed by atoms with Crippen LogP contribution in [-0.4, -0.2) is 26.0 Å². The van der Waals surface area contributed by atoms with Crippen LogP contribution < -0.4 is 10.6 Å². The number of rotatable bonds is 4. The van der Waals surface area contributed by atoms with Gasteiger partial charge in [-0.1, -0.05) is 0 Å².